The molecular weight excluding hydrogens is 643 g/mol. The molecule has 0 fully saturated rings. The van der Waals surface area contributed by atoms with Gasteiger partial charge < -0.3 is 14.8 Å². The smallest absolute Gasteiger partial charge is 0.305 e. The summed E-state index contributed by atoms with van der Waals surface area (Å²) in [5, 5.41) is 3.85. The highest BCUT2D eigenvalue weighted by atomic mass is 16.5. The topological polar surface area (TPSA) is 64.6 Å². The molecule has 0 aliphatic carbocycles. The molecule has 3 atom stereocenters. The lowest BCUT2D eigenvalue weighted by Gasteiger charge is -2.19. The van der Waals surface area contributed by atoms with E-state index in [-0.39, 0.29) is 11.9 Å². The summed E-state index contributed by atoms with van der Waals surface area (Å²) in [6, 6.07) is 0.557. The Bertz CT molecular complexity index is 743. The van der Waals surface area contributed by atoms with Gasteiger partial charge in [0.05, 0.1) is 13.2 Å². The second-order valence-corrected chi connectivity index (χ2v) is 16.4. The average molecular weight is 736 g/mol. The van der Waals surface area contributed by atoms with Gasteiger partial charge in [0.25, 0.3) is 0 Å². The predicted octanol–water partition coefficient (Wildman–Crippen LogP) is 14.6. The Morgan fingerprint density at radius 3 is 1.15 bits per heavy atom. The minimum atomic E-state index is -0.00362. The molecule has 0 aliphatic heterocycles. The third-order valence-electron chi connectivity index (χ3n) is 11.2. The Morgan fingerprint density at radius 2 is 0.712 bits per heavy atom. The minimum absolute atomic E-state index is 0.00362. The Hall–Kier alpha value is -1.10. The van der Waals surface area contributed by atoms with Gasteiger partial charge in [-0.1, -0.05) is 182 Å². The first-order valence-corrected chi connectivity index (χ1v) is 23.5. The van der Waals surface area contributed by atoms with Gasteiger partial charge in [0.15, 0.2) is 0 Å². The molecule has 0 radical (unpaired) electrons. The van der Waals surface area contributed by atoms with Crippen molar-refractivity contribution in [1.29, 1.82) is 0 Å². The van der Waals surface area contributed by atoms with Crippen molar-refractivity contribution in [2.24, 2.45) is 11.8 Å². The molecule has 1 N–H and O–H groups in total. The lowest BCUT2D eigenvalue weighted by atomic mass is 9.95. The zero-order valence-electron chi connectivity index (χ0n) is 36.0. The first kappa shape index (κ1) is 50.9. The van der Waals surface area contributed by atoms with Crippen molar-refractivity contribution in [3.63, 3.8) is 0 Å². The van der Waals surface area contributed by atoms with Crippen LogP contribution in [0.15, 0.2) is 0 Å². The molecule has 5 heteroatoms. The van der Waals surface area contributed by atoms with E-state index in [1.54, 1.807) is 0 Å². The third kappa shape index (κ3) is 35.9. The van der Waals surface area contributed by atoms with Crippen LogP contribution in [0.2, 0.25) is 0 Å². The largest absolute Gasteiger partial charge is 0.465 e. The van der Waals surface area contributed by atoms with Crippen LogP contribution in [0.4, 0.5) is 0 Å². The van der Waals surface area contributed by atoms with Crippen LogP contribution in [0, 0.1) is 11.8 Å². The molecule has 52 heavy (non-hydrogen) atoms. The number of unbranched alkanes of at least 4 members (excludes halogenated alkanes) is 19. The Labute approximate surface area is 326 Å². The third-order valence-corrected chi connectivity index (χ3v) is 11.2. The van der Waals surface area contributed by atoms with Crippen LogP contribution < -0.4 is 5.32 Å². The van der Waals surface area contributed by atoms with Gasteiger partial charge in [-0.05, 0) is 76.2 Å². The summed E-state index contributed by atoms with van der Waals surface area (Å²) in [6.45, 7) is 13.6. The van der Waals surface area contributed by atoms with Crippen molar-refractivity contribution in [2.45, 2.75) is 259 Å². The van der Waals surface area contributed by atoms with Gasteiger partial charge in [0.2, 0.25) is 0 Å². The second-order valence-electron chi connectivity index (χ2n) is 16.4. The summed E-state index contributed by atoms with van der Waals surface area (Å²) in [6.07, 6.45) is 40.6. The maximum atomic E-state index is 12.6. The first-order valence-electron chi connectivity index (χ1n) is 23.5. The molecule has 310 valence electrons. The van der Waals surface area contributed by atoms with Gasteiger partial charge in [-0.15, -0.1) is 0 Å². The van der Waals surface area contributed by atoms with E-state index in [1.807, 2.05) is 0 Å². The molecule has 0 spiro atoms. The Kier molecular flexibility index (Phi) is 40.2. The Balaban J connectivity index is 4.34. The SMILES string of the molecule is CCCCCCCCC(CCCCCC)COC(=O)CCCCCC(CCCCCC)NCCCCCC(=O)OCC(CCCC)CCCCCC. The standard InChI is InChI=1S/C47H93NO4/c1-6-11-16-20-21-26-35-44(34-25-18-13-8-3)42-52-46(49)38-29-22-28-37-45(36-27-19-14-9-4)48-40-31-23-30-39-47(50)51-41-43(32-15-10-5)33-24-17-12-7-2/h43-45,48H,6-42H2,1-5H3. The Morgan fingerprint density at radius 1 is 0.385 bits per heavy atom. The lowest BCUT2D eigenvalue weighted by Crippen LogP contribution is -2.30. The number of nitrogens with one attached hydrogen (secondary N) is 1. The number of hydrogen-bond acceptors (Lipinski definition) is 5. The first-order chi connectivity index (χ1) is 25.5. The van der Waals surface area contributed by atoms with Gasteiger partial charge in [-0.3, -0.25) is 9.59 Å². The summed E-state index contributed by atoms with van der Waals surface area (Å²) < 4.78 is 11.6. The summed E-state index contributed by atoms with van der Waals surface area (Å²) in [7, 11) is 0. The van der Waals surface area contributed by atoms with Crippen molar-refractivity contribution in [1.82, 2.24) is 5.32 Å². The highest BCUT2D eigenvalue weighted by Crippen LogP contribution is 2.21. The summed E-state index contributed by atoms with van der Waals surface area (Å²) in [5.41, 5.74) is 0. The molecule has 0 aliphatic rings. The van der Waals surface area contributed by atoms with Gasteiger partial charge in [0.1, 0.15) is 0 Å². The molecule has 5 nitrogen and oxygen atoms in total. The quantitative estimate of drug-likeness (QED) is 0.0499. The van der Waals surface area contributed by atoms with Gasteiger partial charge >= 0.3 is 11.9 Å². The van der Waals surface area contributed by atoms with E-state index in [2.05, 4.69) is 39.9 Å². The summed E-state index contributed by atoms with van der Waals surface area (Å²) in [4.78, 5) is 25.1. The molecule has 0 bridgehead atoms. The van der Waals surface area contributed by atoms with Crippen LogP contribution in [-0.4, -0.2) is 37.7 Å². The fourth-order valence-electron chi connectivity index (χ4n) is 7.49. The molecule has 0 saturated carbocycles. The van der Waals surface area contributed by atoms with Crippen molar-refractivity contribution >= 4 is 11.9 Å². The fraction of sp³-hybridized carbons (Fsp3) is 0.957. The zero-order valence-corrected chi connectivity index (χ0v) is 36.0. The van der Waals surface area contributed by atoms with E-state index in [9.17, 15) is 9.59 Å². The molecule has 0 rings (SSSR count). The van der Waals surface area contributed by atoms with Crippen LogP contribution in [-0.2, 0) is 19.1 Å². The predicted molar refractivity (Wildman–Crippen MR) is 226 cm³/mol. The molecule has 0 aromatic carbocycles. The molecule has 0 aromatic heterocycles. The molecular formula is C47H93NO4. The number of carbonyl (C=O) groups is 2. The summed E-state index contributed by atoms with van der Waals surface area (Å²) >= 11 is 0. The van der Waals surface area contributed by atoms with E-state index in [4.69, 9.17) is 9.47 Å². The average Bonchev–Trinajstić information content (AvgIpc) is 3.15. The van der Waals surface area contributed by atoms with Crippen LogP contribution in [0.1, 0.15) is 253 Å². The number of esters is 2. The highest BCUT2D eigenvalue weighted by Gasteiger charge is 2.14. The zero-order chi connectivity index (χ0) is 38.2. The molecule has 0 amide bonds. The lowest BCUT2D eigenvalue weighted by molar-refractivity contribution is -0.146. The van der Waals surface area contributed by atoms with Crippen molar-refractivity contribution in [2.75, 3.05) is 19.8 Å². The summed E-state index contributed by atoms with van der Waals surface area (Å²) in [5.74, 6) is 1.09. The number of carbonyl (C=O) groups excluding carboxylic acids is 2. The maximum Gasteiger partial charge on any atom is 0.305 e. The van der Waals surface area contributed by atoms with Crippen molar-refractivity contribution < 1.29 is 19.1 Å². The van der Waals surface area contributed by atoms with Crippen LogP contribution in [0.5, 0.6) is 0 Å². The molecule has 0 aromatic rings. The van der Waals surface area contributed by atoms with E-state index >= 15 is 0 Å². The van der Waals surface area contributed by atoms with E-state index in [1.165, 1.54) is 173 Å². The molecule has 0 heterocycles. The number of ether oxygens (including phenoxy) is 2. The van der Waals surface area contributed by atoms with Crippen molar-refractivity contribution in [3.05, 3.63) is 0 Å². The fourth-order valence-corrected chi connectivity index (χ4v) is 7.49. The van der Waals surface area contributed by atoms with Gasteiger partial charge in [-0.25, -0.2) is 0 Å². The highest BCUT2D eigenvalue weighted by molar-refractivity contribution is 5.69. The minimum Gasteiger partial charge on any atom is -0.465 e. The van der Waals surface area contributed by atoms with E-state index in [0.29, 0.717) is 43.9 Å². The van der Waals surface area contributed by atoms with E-state index < -0.39 is 0 Å². The van der Waals surface area contributed by atoms with E-state index in [0.717, 1.165) is 38.6 Å². The van der Waals surface area contributed by atoms with Crippen LogP contribution in [0.3, 0.4) is 0 Å². The van der Waals surface area contributed by atoms with Crippen LogP contribution in [0.25, 0.3) is 0 Å². The second kappa shape index (κ2) is 41.1. The normalized spacial score (nSPS) is 13.2. The molecule has 0 saturated heterocycles. The molecule has 3 unspecified atom stereocenters. The number of hydrogen-bond donors (Lipinski definition) is 1. The number of rotatable bonds is 42. The van der Waals surface area contributed by atoms with Gasteiger partial charge in [0, 0.05) is 18.9 Å². The van der Waals surface area contributed by atoms with Gasteiger partial charge in [-0.2, -0.15) is 0 Å². The van der Waals surface area contributed by atoms with Crippen LogP contribution >= 0.6 is 0 Å². The maximum absolute atomic E-state index is 12.6. The monoisotopic (exact) mass is 736 g/mol. The van der Waals surface area contributed by atoms with Crippen molar-refractivity contribution in [3.8, 4) is 0 Å².